The Morgan fingerprint density at radius 3 is 1.76 bits per heavy atom. The maximum absolute atomic E-state index is 12.9. The third kappa shape index (κ3) is 13.5. The zero-order valence-electron chi connectivity index (χ0n) is 20.7. The van der Waals surface area contributed by atoms with Crippen LogP contribution < -0.4 is 38.5 Å². The van der Waals surface area contributed by atoms with Crippen LogP contribution in [0.3, 0.4) is 0 Å². The van der Waals surface area contributed by atoms with Crippen molar-refractivity contribution in [1.82, 2.24) is 21.3 Å². The molecule has 0 aromatic rings. The fourth-order valence-electron chi connectivity index (χ4n) is 2.82. The predicted octanol–water partition coefficient (Wildman–Crippen LogP) is -4.85. The molecule has 16 nitrogen and oxygen atoms in total. The molecule has 0 unspecified atom stereocenters. The van der Waals surface area contributed by atoms with Gasteiger partial charge in [-0.25, -0.2) is 4.79 Å². The number of hydrogen-bond acceptors (Lipinski definition) is 11. The van der Waals surface area contributed by atoms with Gasteiger partial charge < -0.3 is 48.7 Å². The Labute approximate surface area is 228 Å². The zero-order valence-corrected chi connectivity index (χ0v) is 22.4. The van der Waals surface area contributed by atoms with E-state index in [1.165, 1.54) is 11.8 Å². The predicted molar refractivity (Wildman–Crippen MR) is 140 cm³/mol. The molecule has 38 heavy (non-hydrogen) atoms. The third-order valence-electron chi connectivity index (χ3n) is 4.93. The van der Waals surface area contributed by atoms with E-state index in [-0.39, 0.29) is 12.2 Å². The number of aliphatic hydroxyl groups excluding tert-OH is 1. The molecule has 0 fully saturated rings. The summed E-state index contributed by atoms with van der Waals surface area (Å²) in [7, 11) is 0. The lowest BCUT2D eigenvalue weighted by molar-refractivity contribution is -0.143. The minimum absolute atomic E-state index is 0.195. The maximum Gasteiger partial charge on any atom is 0.328 e. The Balaban J connectivity index is 5.62. The summed E-state index contributed by atoms with van der Waals surface area (Å²) in [5.41, 5.74) is 16.1. The van der Waals surface area contributed by atoms with Crippen molar-refractivity contribution in [2.45, 2.75) is 55.9 Å². The second-order valence-corrected chi connectivity index (χ2v) is 9.36. The van der Waals surface area contributed by atoms with Crippen molar-refractivity contribution in [2.75, 3.05) is 24.4 Å². The van der Waals surface area contributed by atoms with Gasteiger partial charge in [-0.15, -0.1) is 0 Å². The van der Waals surface area contributed by atoms with E-state index >= 15 is 0 Å². The molecule has 0 saturated heterocycles. The molecule has 0 rings (SSSR count). The highest BCUT2D eigenvalue weighted by Crippen LogP contribution is 2.04. The smallest absolute Gasteiger partial charge is 0.328 e. The van der Waals surface area contributed by atoms with Crippen LogP contribution >= 0.6 is 24.4 Å². The lowest BCUT2D eigenvalue weighted by atomic mass is 10.1. The van der Waals surface area contributed by atoms with Gasteiger partial charge in [0.1, 0.15) is 24.2 Å². The summed E-state index contributed by atoms with van der Waals surface area (Å²) in [6.07, 6.45) is 0.695. The molecule has 216 valence electrons. The number of carbonyl (C=O) groups excluding carboxylic acids is 6. The van der Waals surface area contributed by atoms with Gasteiger partial charge in [0.25, 0.3) is 0 Å². The summed E-state index contributed by atoms with van der Waals surface area (Å²) in [6.45, 7) is -0.963. The number of hydrogen-bond donors (Lipinski definition) is 10. The summed E-state index contributed by atoms with van der Waals surface area (Å²) < 4.78 is 0. The topological polar surface area (TPSA) is 286 Å². The molecule has 0 saturated carbocycles. The molecular formula is C20H35N7O9S2. The highest BCUT2D eigenvalue weighted by atomic mass is 32.2. The van der Waals surface area contributed by atoms with E-state index in [4.69, 9.17) is 27.4 Å². The number of aliphatic hydroxyl groups is 1. The maximum atomic E-state index is 12.9. The third-order valence-corrected chi connectivity index (χ3v) is 5.94. The van der Waals surface area contributed by atoms with E-state index < -0.39 is 91.1 Å². The summed E-state index contributed by atoms with van der Waals surface area (Å²) in [5.74, 6) is -6.70. The molecular weight excluding hydrogens is 546 g/mol. The molecule has 0 aliphatic carbocycles. The summed E-state index contributed by atoms with van der Waals surface area (Å²) in [6, 6.07) is -7.02. The highest BCUT2D eigenvalue weighted by molar-refractivity contribution is 7.98. The van der Waals surface area contributed by atoms with Gasteiger partial charge in [-0.05, 0) is 24.9 Å². The quantitative estimate of drug-likeness (QED) is 0.0645. The van der Waals surface area contributed by atoms with Crippen LogP contribution in [0.2, 0.25) is 0 Å². The number of carboxylic acid groups (broad SMARTS) is 1. The lowest BCUT2D eigenvalue weighted by Crippen LogP contribution is -2.59. The summed E-state index contributed by atoms with van der Waals surface area (Å²) in [4.78, 5) is 84.3. The first-order valence-corrected chi connectivity index (χ1v) is 13.3. The fourth-order valence-corrected chi connectivity index (χ4v) is 3.56. The number of amides is 6. The number of rotatable bonds is 19. The number of carboxylic acids is 1. The van der Waals surface area contributed by atoms with Gasteiger partial charge in [0.15, 0.2) is 0 Å². The Bertz CT molecular complexity index is 878. The van der Waals surface area contributed by atoms with Crippen LogP contribution in [0.4, 0.5) is 0 Å². The van der Waals surface area contributed by atoms with Crippen molar-refractivity contribution < 1.29 is 43.8 Å². The molecule has 12 N–H and O–H groups in total. The first kappa shape index (κ1) is 34.9. The van der Waals surface area contributed by atoms with Crippen molar-refractivity contribution in [3.63, 3.8) is 0 Å². The van der Waals surface area contributed by atoms with Crippen LogP contribution in [-0.4, -0.2) is 106 Å². The minimum atomic E-state index is -1.71. The molecule has 0 aliphatic rings. The van der Waals surface area contributed by atoms with Crippen LogP contribution in [-0.2, 0) is 33.6 Å². The zero-order chi connectivity index (χ0) is 29.4. The van der Waals surface area contributed by atoms with E-state index in [0.29, 0.717) is 12.2 Å². The van der Waals surface area contributed by atoms with Crippen LogP contribution in [0, 0.1) is 0 Å². The van der Waals surface area contributed by atoms with Crippen LogP contribution in [0.1, 0.15) is 25.7 Å². The number of nitrogens with two attached hydrogens (primary N) is 3. The van der Waals surface area contributed by atoms with Gasteiger partial charge in [-0.2, -0.15) is 24.4 Å². The molecule has 0 aromatic carbocycles. The van der Waals surface area contributed by atoms with Crippen molar-refractivity contribution in [2.24, 2.45) is 17.2 Å². The Morgan fingerprint density at radius 1 is 0.789 bits per heavy atom. The highest BCUT2D eigenvalue weighted by Gasteiger charge is 2.32. The molecule has 0 bridgehead atoms. The lowest BCUT2D eigenvalue weighted by Gasteiger charge is -2.25. The van der Waals surface area contributed by atoms with Crippen molar-refractivity contribution in [3.8, 4) is 0 Å². The number of carbonyl (C=O) groups is 7. The Morgan fingerprint density at radius 2 is 1.29 bits per heavy atom. The second-order valence-electron chi connectivity index (χ2n) is 8.01. The summed E-state index contributed by atoms with van der Waals surface area (Å²) >= 11 is 5.50. The SMILES string of the molecule is CSCC[C@H](N)C(=O)N[C@@H](CS)C(=O)N[C@@H](CC(N)=O)C(=O)N[C@@H](CCC(N)=O)C(=O)N[C@@H](CO)C(=O)O. The first-order chi connectivity index (χ1) is 17.8. The standard InChI is InChI=1S/C20H35N7O9S2/c1-38-5-4-9(21)16(31)27-13(8-37)19(34)25-11(6-15(23)30)18(33)24-10(2-3-14(22)29)17(32)26-12(7-28)20(35)36/h9-13,28,37H,2-8,21H2,1H3,(H2,22,29)(H2,23,30)(H,24,33)(H,25,34)(H,26,32)(H,27,31)(H,35,36)/t9-,10-,11-,12-,13-/m0/s1. The average molecular weight is 582 g/mol. The average Bonchev–Trinajstić information content (AvgIpc) is 2.84. The number of thioether (sulfide) groups is 1. The Hall–Kier alpha value is -3.09. The molecule has 0 heterocycles. The number of nitrogens with one attached hydrogen (secondary N) is 4. The second kappa shape index (κ2) is 18.2. The molecule has 0 radical (unpaired) electrons. The minimum Gasteiger partial charge on any atom is -0.480 e. The van der Waals surface area contributed by atoms with Crippen molar-refractivity contribution in [1.29, 1.82) is 0 Å². The van der Waals surface area contributed by atoms with Gasteiger partial charge in [0.05, 0.1) is 19.1 Å². The Kier molecular flexibility index (Phi) is 16.7. The number of thiol groups is 1. The molecule has 0 spiro atoms. The van der Waals surface area contributed by atoms with Crippen LogP contribution in [0.15, 0.2) is 0 Å². The molecule has 0 aromatic heterocycles. The van der Waals surface area contributed by atoms with Crippen LogP contribution in [0.5, 0.6) is 0 Å². The number of primary amides is 2. The van der Waals surface area contributed by atoms with E-state index in [1.807, 2.05) is 11.6 Å². The molecule has 6 amide bonds. The van der Waals surface area contributed by atoms with E-state index in [1.54, 1.807) is 0 Å². The summed E-state index contributed by atoms with van der Waals surface area (Å²) in [5, 5.41) is 27.0. The van der Waals surface area contributed by atoms with Crippen molar-refractivity contribution in [3.05, 3.63) is 0 Å². The largest absolute Gasteiger partial charge is 0.480 e. The van der Waals surface area contributed by atoms with E-state index in [0.717, 1.165) is 0 Å². The van der Waals surface area contributed by atoms with Gasteiger partial charge in [0.2, 0.25) is 35.4 Å². The van der Waals surface area contributed by atoms with E-state index in [2.05, 4.69) is 28.6 Å². The molecule has 18 heteroatoms. The molecule has 5 atom stereocenters. The monoisotopic (exact) mass is 581 g/mol. The van der Waals surface area contributed by atoms with Gasteiger partial charge in [-0.1, -0.05) is 0 Å². The normalized spacial score (nSPS) is 14.6. The van der Waals surface area contributed by atoms with Gasteiger partial charge in [-0.3, -0.25) is 28.8 Å². The molecule has 0 aliphatic heterocycles. The van der Waals surface area contributed by atoms with Crippen molar-refractivity contribution >= 4 is 65.8 Å². The van der Waals surface area contributed by atoms with Gasteiger partial charge >= 0.3 is 5.97 Å². The van der Waals surface area contributed by atoms with Gasteiger partial charge in [0, 0.05) is 12.2 Å². The van der Waals surface area contributed by atoms with E-state index in [9.17, 15) is 33.6 Å². The first-order valence-electron chi connectivity index (χ1n) is 11.2. The number of aliphatic carboxylic acids is 1. The van der Waals surface area contributed by atoms with Crippen LogP contribution in [0.25, 0.3) is 0 Å². The fraction of sp³-hybridized carbons (Fsp3) is 0.650.